The number of rotatable bonds is 4. The molecule has 1 heterocycles. The number of nitrogen functional groups attached to an aromatic ring is 1. The van der Waals surface area contributed by atoms with Crippen LogP contribution in [-0.2, 0) is 6.61 Å². The van der Waals surface area contributed by atoms with E-state index in [1.165, 1.54) is 6.33 Å². The molecule has 0 bridgehead atoms. The Morgan fingerprint density at radius 3 is 2.56 bits per heavy atom. The van der Waals surface area contributed by atoms with Crippen molar-refractivity contribution in [1.82, 2.24) is 9.97 Å². The average Bonchev–Trinajstić information content (AvgIpc) is 2.41. The van der Waals surface area contributed by atoms with E-state index < -0.39 is 0 Å². The Balaban J connectivity index is 2.04. The van der Waals surface area contributed by atoms with Crippen molar-refractivity contribution >= 4 is 5.82 Å². The van der Waals surface area contributed by atoms with Gasteiger partial charge < -0.3 is 15.2 Å². The second-order valence-corrected chi connectivity index (χ2v) is 3.83. The summed E-state index contributed by atoms with van der Waals surface area (Å²) in [6.07, 6.45) is 1.39. The lowest BCUT2D eigenvalue weighted by Gasteiger charge is -2.09. The number of nitrogens with zero attached hydrogens (tertiary/aromatic N) is 2. The SMILES string of the molecule is COc1ccc(COc2ncnc(N)c2C)cc1. The Morgan fingerprint density at radius 2 is 1.89 bits per heavy atom. The lowest BCUT2D eigenvalue weighted by atomic mass is 10.2. The van der Waals surface area contributed by atoms with Gasteiger partial charge in [0.1, 0.15) is 24.5 Å². The molecule has 0 aliphatic rings. The number of hydrogen-bond acceptors (Lipinski definition) is 5. The normalized spacial score (nSPS) is 10.1. The van der Waals surface area contributed by atoms with Crippen LogP contribution in [0.2, 0.25) is 0 Å². The Hall–Kier alpha value is -2.30. The van der Waals surface area contributed by atoms with E-state index >= 15 is 0 Å². The summed E-state index contributed by atoms with van der Waals surface area (Å²) in [4.78, 5) is 7.94. The molecule has 0 radical (unpaired) electrons. The molecule has 0 amide bonds. The van der Waals surface area contributed by atoms with Crippen molar-refractivity contribution in [3.63, 3.8) is 0 Å². The van der Waals surface area contributed by atoms with Crippen molar-refractivity contribution in [2.75, 3.05) is 12.8 Å². The van der Waals surface area contributed by atoms with Gasteiger partial charge in [-0.25, -0.2) is 9.97 Å². The molecule has 0 saturated heterocycles. The molecule has 94 valence electrons. The topological polar surface area (TPSA) is 70.3 Å². The highest BCUT2D eigenvalue weighted by molar-refractivity contribution is 5.43. The van der Waals surface area contributed by atoms with Gasteiger partial charge in [-0.1, -0.05) is 12.1 Å². The first-order valence-corrected chi connectivity index (χ1v) is 5.53. The second kappa shape index (κ2) is 5.35. The van der Waals surface area contributed by atoms with Gasteiger partial charge in [-0.2, -0.15) is 0 Å². The molecule has 18 heavy (non-hydrogen) atoms. The van der Waals surface area contributed by atoms with Crippen LogP contribution in [0.4, 0.5) is 5.82 Å². The quantitative estimate of drug-likeness (QED) is 0.891. The van der Waals surface area contributed by atoms with Crippen molar-refractivity contribution in [3.8, 4) is 11.6 Å². The Bertz CT molecular complexity index is 526. The van der Waals surface area contributed by atoms with E-state index in [2.05, 4.69) is 9.97 Å². The van der Waals surface area contributed by atoms with Crippen LogP contribution in [-0.4, -0.2) is 17.1 Å². The molecule has 2 rings (SSSR count). The van der Waals surface area contributed by atoms with Gasteiger partial charge in [0.2, 0.25) is 5.88 Å². The van der Waals surface area contributed by atoms with Gasteiger partial charge in [0, 0.05) is 0 Å². The maximum atomic E-state index is 5.68. The zero-order valence-corrected chi connectivity index (χ0v) is 10.4. The smallest absolute Gasteiger partial charge is 0.221 e. The fraction of sp³-hybridized carbons (Fsp3) is 0.231. The zero-order valence-electron chi connectivity index (χ0n) is 10.4. The maximum Gasteiger partial charge on any atom is 0.221 e. The second-order valence-electron chi connectivity index (χ2n) is 3.83. The van der Waals surface area contributed by atoms with Gasteiger partial charge in [-0.15, -0.1) is 0 Å². The molecule has 0 aliphatic heterocycles. The molecule has 0 fully saturated rings. The van der Waals surface area contributed by atoms with Gasteiger partial charge in [0.15, 0.2) is 0 Å². The van der Waals surface area contributed by atoms with Crippen LogP contribution in [0.5, 0.6) is 11.6 Å². The Morgan fingerprint density at radius 1 is 1.17 bits per heavy atom. The van der Waals surface area contributed by atoms with Gasteiger partial charge in [0.05, 0.1) is 12.7 Å². The number of anilines is 1. The molecule has 1 aromatic carbocycles. The molecule has 0 unspecified atom stereocenters. The number of nitrogens with two attached hydrogens (primary N) is 1. The summed E-state index contributed by atoms with van der Waals surface area (Å²) in [5.41, 5.74) is 7.47. The molecule has 0 spiro atoms. The Labute approximate surface area is 106 Å². The third-order valence-corrected chi connectivity index (χ3v) is 2.61. The van der Waals surface area contributed by atoms with Crippen molar-refractivity contribution in [2.24, 2.45) is 0 Å². The summed E-state index contributed by atoms with van der Waals surface area (Å²) < 4.78 is 10.7. The first kappa shape index (κ1) is 12.2. The highest BCUT2D eigenvalue weighted by Gasteiger charge is 2.05. The largest absolute Gasteiger partial charge is 0.497 e. The van der Waals surface area contributed by atoms with Crippen molar-refractivity contribution in [3.05, 3.63) is 41.7 Å². The van der Waals surface area contributed by atoms with Crippen molar-refractivity contribution in [1.29, 1.82) is 0 Å². The minimum Gasteiger partial charge on any atom is -0.497 e. The first-order valence-electron chi connectivity index (χ1n) is 5.53. The van der Waals surface area contributed by atoms with E-state index in [-0.39, 0.29) is 0 Å². The summed E-state index contributed by atoms with van der Waals surface area (Å²) in [7, 11) is 1.64. The zero-order chi connectivity index (χ0) is 13.0. The number of hydrogen-bond donors (Lipinski definition) is 1. The third-order valence-electron chi connectivity index (χ3n) is 2.61. The van der Waals surface area contributed by atoms with Crippen LogP contribution in [0.1, 0.15) is 11.1 Å². The van der Waals surface area contributed by atoms with E-state index in [9.17, 15) is 0 Å². The summed E-state index contributed by atoms with van der Waals surface area (Å²) in [5.74, 6) is 1.77. The van der Waals surface area contributed by atoms with Crippen LogP contribution < -0.4 is 15.2 Å². The molecular weight excluding hydrogens is 230 g/mol. The van der Waals surface area contributed by atoms with Crippen LogP contribution in [0.3, 0.4) is 0 Å². The van der Waals surface area contributed by atoms with Gasteiger partial charge in [-0.05, 0) is 24.6 Å². The molecule has 5 nitrogen and oxygen atoms in total. The number of aromatic nitrogens is 2. The van der Waals surface area contributed by atoms with Crippen LogP contribution in [0.25, 0.3) is 0 Å². The first-order chi connectivity index (χ1) is 8.70. The third kappa shape index (κ3) is 2.68. The Kier molecular flexibility index (Phi) is 3.62. The number of methoxy groups -OCH3 is 1. The van der Waals surface area contributed by atoms with E-state index in [4.69, 9.17) is 15.2 Å². The fourth-order valence-electron chi connectivity index (χ4n) is 1.47. The highest BCUT2D eigenvalue weighted by Crippen LogP contribution is 2.19. The fourth-order valence-corrected chi connectivity index (χ4v) is 1.47. The summed E-state index contributed by atoms with van der Waals surface area (Å²) in [6.45, 7) is 2.26. The molecule has 5 heteroatoms. The summed E-state index contributed by atoms with van der Waals surface area (Å²) >= 11 is 0. The molecular formula is C13H15N3O2. The maximum absolute atomic E-state index is 5.68. The van der Waals surface area contributed by atoms with Gasteiger partial charge in [-0.3, -0.25) is 0 Å². The molecule has 2 N–H and O–H groups in total. The number of ether oxygens (including phenoxy) is 2. The minimum absolute atomic E-state index is 0.432. The van der Waals surface area contributed by atoms with Gasteiger partial charge in [0.25, 0.3) is 0 Å². The molecule has 0 aliphatic carbocycles. The van der Waals surface area contributed by atoms with Crippen LogP contribution in [0.15, 0.2) is 30.6 Å². The lowest BCUT2D eigenvalue weighted by molar-refractivity contribution is 0.291. The van der Waals surface area contributed by atoms with E-state index in [1.807, 2.05) is 31.2 Å². The van der Waals surface area contributed by atoms with Crippen molar-refractivity contribution < 1.29 is 9.47 Å². The average molecular weight is 245 g/mol. The van der Waals surface area contributed by atoms with Crippen LogP contribution >= 0.6 is 0 Å². The van der Waals surface area contributed by atoms with E-state index in [1.54, 1.807) is 7.11 Å². The molecule has 0 atom stereocenters. The minimum atomic E-state index is 0.432. The monoisotopic (exact) mass is 245 g/mol. The van der Waals surface area contributed by atoms with Gasteiger partial charge >= 0.3 is 0 Å². The molecule has 1 aromatic heterocycles. The number of benzene rings is 1. The molecule has 0 saturated carbocycles. The van der Waals surface area contributed by atoms with Crippen LogP contribution in [0, 0.1) is 6.92 Å². The van der Waals surface area contributed by atoms with E-state index in [0.717, 1.165) is 16.9 Å². The standard InChI is InChI=1S/C13H15N3O2/c1-9-12(14)15-8-16-13(9)18-7-10-3-5-11(17-2)6-4-10/h3-6,8H,7H2,1-2H3,(H2,14,15,16). The summed E-state index contributed by atoms with van der Waals surface area (Å²) in [5, 5.41) is 0. The predicted molar refractivity (Wildman–Crippen MR) is 68.5 cm³/mol. The predicted octanol–water partition coefficient (Wildman–Crippen LogP) is 1.95. The highest BCUT2D eigenvalue weighted by atomic mass is 16.5. The summed E-state index contributed by atoms with van der Waals surface area (Å²) in [6, 6.07) is 7.66. The lowest BCUT2D eigenvalue weighted by Crippen LogP contribution is -2.02. The van der Waals surface area contributed by atoms with E-state index in [0.29, 0.717) is 18.3 Å². The molecule has 2 aromatic rings. The van der Waals surface area contributed by atoms with Crippen molar-refractivity contribution in [2.45, 2.75) is 13.5 Å².